The maximum Gasteiger partial charge on any atom is 0.472 e. The minimum Gasteiger partial charge on any atom is -0.462 e. The lowest BCUT2D eigenvalue weighted by Gasteiger charge is -2.21. The van der Waals surface area contributed by atoms with E-state index in [0.29, 0.717) is 25.7 Å². The highest BCUT2D eigenvalue weighted by atomic mass is 31.2. The Kier molecular flexibility index (Phi) is 75.6. The monoisotopic (exact) mass is 1550 g/mol. The summed E-state index contributed by atoms with van der Waals surface area (Å²) in [4.78, 5) is 73.2. The summed E-state index contributed by atoms with van der Waals surface area (Å²) in [7, 11) is -9.93. The number of unbranched alkanes of at least 4 members (excludes halogenated alkanes) is 51. The van der Waals surface area contributed by atoms with Crippen LogP contribution >= 0.6 is 15.6 Å². The molecule has 0 saturated carbocycles. The quantitative estimate of drug-likeness (QED) is 0.0222. The molecule has 0 saturated heterocycles. The SMILES string of the molecule is CCCCCCCCCCCCCCCCCCCCCCCC(=O)OC[C@H](COP(=O)(O)OC[C@@H](O)COP(=O)(O)OC[C@@H](COC(=O)CCCCCCCCCCC(C)C)OC(=O)CCCCCCCCCCC(C)CC)OC(=O)CCCCCCCCCCCCCCCCCCCCC(C)CC. The molecule has 7 atom stereocenters. The van der Waals surface area contributed by atoms with Gasteiger partial charge >= 0.3 is 39.5 Å². The standard InChI is InChI=1S/C87H170O17P2/c1-8-11-12-13-14-15-16-17-18-19-20-21-22-26-29-32-35-38-47-54-61-68-84(89)97-74-82(103-86(91)70-63-56-49-39-36-33-30-27-24-23-25-28-31-34-37-45-52-59-66-79(6)9-2)76-101-105(93,94)99-72-81(88)73-100-106(95,96)102-77-83(75-98-85(90)69-62-55-48-42-40-44-51-58-65-78(4)5)104-87(92)71-64-57-50-43-41-46-53-60-67-80(7)10-3/h78-83,88H,8-77H2,1-7H3,(H,93,94)(H,95,96)/t79?,80?,81-,82-,83-/m1/s1. The molecule has 0 aromatic rings. The zero-order chi connectivity index (χ0) is 77.9. The molecule has 17 nitrogen and oxygen atoms in total. The predicted molar refractivity (Wildman–Crippen MR) is 437 cm³/mol. The molecule has 4 unspecified atom stereocenters. The number of aliphatic hydroxyl groups is 1. The van der Waals surface area contributed by atoms with Crippen LogP contribution in [0.2, 0.25) is 0 Å². The molecule has 0 aliphatic rings. The van der Waals surface area contributed by atoms with E-state index in [-0.39, 0.29) is 25.7 Å². The molecule has 0 aliphatic heterocycles. The molecule has 106 heavy (non-hydrogen) atoms. The van der Waals surface area contributed by atoms with Crippen molar-refractivity contribution in [1.29, 1.82) is 0 Å². The summed E-state index contributed by atoms with van der Waals surface area (Å²) in [5.41, 5.74) is 0. The molecule has 3 N–H and O–H groups in total. The molecule has 0 rings (SSSR count). The Bertz CT molecular complexity index is 2050. The molecule has 0 aliphatic carbocycles. The zero-order valence-electron chi connectivity index (χ0n) is 69.9. The van der Waals surface area contributed by atoms with E-state index in [4.69, 9.17) is 37.0 Å². The lowest BCUT2D eigenvalue weighted by Crippen LogP contribution is -2.30. The number of ether oxygens (including phenoxy) is 4. The van der Waals surface area contributed by atoms with Crippen molar-refractivity contribution >= 4 is 39.5 Å². The molecule has 0 fully saturated rings. The van der Waals surface area contributed by atoms with Crippen LogP contribution in [-0.2, 0) is 65.4 Å². The molecule has 19 heteroatoms. The first-order chi connectivity index (χ1) is 51.3. The van der Waals surface area contributed by atoms with Crippen LogP contribution in [0, 0.1) is 17.8 Å². The number of rotatable bonds is 85. The van der Waals surface area contributed by atoms with Crippen LogP contribution < -0.4 is 0 Å². The Morgan fingerprint density at radius 1 is 0.274 bits per heavy atom. The maximum absolute atomic E-state index is 13.2. The fourth-order valence-corrected chi connectivity index (χ4v) is 15.1. The average Bonchev–Trinajstić information content (AvgIpc) is 0.904. The molecule has 0 radical (unpaired) electrons. The van der Waals surface area contributed by atoms with E-state index >= 15 is 0 Å². The molecule has 0 amide bonds. The van der Waals surface area contributed by atoms with Crippen molar-refractivity contribution in [1.82, 2.24) is 0 Å². The van der Waals surface area contributed by atoms with E-state index in [2.05, 4.69) is 48.5 Å². The molecule has 0 heterocycles. The zero-order valence-corrected chi connectivity index (χ0v) is 71.7. The van der Waals surface area contributed by atoms with Gasteiger partial charge in [-0.1, -0.05) is 408 Å². The largest absolute Gasteiger partial charge is 0.472 e. The van der Waals surface area contributed by atoms with Gasteiger partial charge in [-0.15, -0.1) is 0 Å². The van der Waals surface area contributed by atoms with E-state index in [0.717, 1.165) is 108 Å². The summed E-state index contributed by atoms with van der Waals surface area (Å²) in [6.07, 6.45) is 68.2. The van der Waals surface area contributed by atoms with Gasteiger partial charge in [0.25, 0.3) is 0 Å². The third-order valence-electron chi connectivity index (χ3n) is 21.1. The van der Waals surface area contributed by atoms with Gasteiger partial charge in [-0.3, -0.25) is 37.3 Å². The second-order valence-corrected chi connectivity index (χ2v) is 35.1. The minimum absolute atomic E-state index is 0.105. The van der Waals surface area contributed by atoms with Gasteiger partial charge < -0.3 is 33.8 Å². The van der Waals surface area contributed by atoms with Crippen molar-refractivity contribution < 1.29 is 80.2 Å². The molecule has 0 aromatic heterocycles. The van der Waals surface area contributed by atoms with Crippen LogP contribution in [0.1, 0.15) is 459 Å². The van der Waals surface area contributed by atoms with Crippen molar-refractivity contribution in [3.8, 4) is 0 Å². The van der Waals surface area contributed by atoms with Crippen molar-refractivity contribution in [3.05, 3.63) is 0 Å². The van der Waals surface area contributed by atoms with Gasteiger partial charge in [0.2, 0.25) is 0 Å². The van der Waals surface area contributed by atoms with Crippen molar-refractivity contribution in [2.45, 2.75) is 478 Å². The molecule has 0 spiro atoms. The number of esters is 4. The molecular weight excluding hydrogens is 1380 g/mol. The summed E-state index contributed by atoms with van der Waals surface area (Å²) in [5.74, 6) is 0.259. The van der Waals surface area contributed by atoms with Gasteiger partial charge in [-0.25, -0.2) is 9.13 Å². The fourth-order valence-electron chi connectivity index (χ4n) is 13.5. The van der Waals surface area contributed by atoms with Gasteiger partial charge in [0, 0.05) is 25.7 Å². The summed E-state index contributed by atoms with van der Waals surface area (Å²) in [5, 5.41) is 10.7. The molecular formula is C87H170O17P2. The lowest BCUT2D eigenvalue weighted by atomic mass is 9.99. The molecule has 630 valence electrons. The number of hydrogen-bond donors (Lipinski definition) is 3. The van der Waals surface area contributed by atoms with Crippen LogP contribution in [0.15, 0.2) is 0 Å². The van der Waals surface area contributed by atoms with Crippen LogP contribution in [0.4, 0.5) is 0 Å². The van der Waals surface area contributed by atoms with E-state index in [1.165, 1.54) is 270 Å². The third kappa shape index (κ3) is 77.4. The third-order valence-corrected chi connectivity index (χ3v) is 23.0. The average molecular weight is 1550 g/mol. The van der Waals surface area contributed by atoms with Gasteiger partial charge in [0.05, 0.1) is 26.4 Å². The number of phosphoric acid groups is 2. The Labute approximate surface area is 651 Å². The second-order valence-electron chi connectivity index (χ2n) is 32.2. The second kappa shape index (κ2) is 77.0. The lowest BCUT2D eigenvalue weighted by molar-refractivity contribution is -0.161. The molecule has 0 aromatic carbocycles. The van der Waals surface area contributed by atoms with E-state index in [1.54, 1.807) is 0 Å². The highest BCUT2D eigenvalue weighted by Gasteiger charge is 2.31. The van der Waals surface area contributed by atoms with Gasteiger partial charge in [-0.2, -0.15) is 0 Å². The number of hydrogen-bond acceptors (Lipinski definition) is 15. The number of aliphatic hydroxyl groups excluding tert-OH is 1. The van der Waals surface area contributed by atoms with Crippen molar-refractivity contribution in [3.63, 3.8) is 0 Å². The first-order valence-electron chi connectivity index (χ1n) is 44.9. The summed E-state index contributed by atoms with van der Waals surface area (Å²) in [6, 6.07) is 0. The van der Waals surface area contributed by atoms with E-state index < -0.39 is 97.5 Å². The van der Waals surface area contributed by atoms with Gasteiger partial charge in [0.15, 0.2) is 12.2 Å². The van der Waals surface area contributed by atoms with E-state index in [9.17, 15) is 43.2 Å². The van der Waals surface area contributed by atoms with Gasteiger partial charge in [-0.05, 0) is 43.4 Å². The smallest absolute Gasteiger partial charge is 0.462 e. The Morgan fingerprint density at radius 3 is 0.717 bits per heavy atom. The Hall–Kier alpha value is -1.94. The first kappa shape index (κ1) is 104. The van der Waals surface area contributed by atoms with E-state index in [1.807, 2.05) is 0 Å². The van der Waals surface area contributed by atoms with Crippen molar-refractivity contribution in [2.24, 2.45) is 17.8 Å². The van der Waals surface area contributed by atoms with Crippen LogP contribution in [0.3, 0.4) is 0 Å². The summed E-state index contributed by atoms with van der Waals surface area (Å²) in [6.45, 7) is 12.0. The number of phosphoric ester groups is 2. The Morgan fingerprint density at radius 2 is 0.481 bits per heavy atom. The van der Waals surface area contributed by atoms with Crippen LogP contribution in [-0.4, -0.2) is 96.7 Å². The summed E-state index contributed by atoms with van der Waals surface area (Å²) >= 11 is 0. The summed E-state index contributed by atoms with van der Waals surface area (Å²) < 4.78 is 68.9. The number of carbonyl (C=O) groups is 4. The predicted octanol–water partition coefficient (Wildman–Crippen LogP) is 26.5. The van der Waals surface area contributed by atoms with Gasteiger partial charge in [0.1, 0.15) is 19.3 Å². The highest BCUT2D eigenvalue weighted by molar-refractivity contribution is 7.47. The number of carbonyl (C=O) groups excluding carboxylic acids is 4. The van der Waals surface area contributed by atoms with Crippen LogP contribution in [0.5, 0.6) is 0 Å². The van der Waals surface area contributed by atoms with Crippen LogP contribution in [0.25, 0.3) is 0 Å². The molecule has 0 bridgehead atoms. The van der Waals surface area contributed by atoms with Crippen molar-refractivity contribution in [2.75, 3.05) is 39.6 Å². The minimum atomic E-state index is -4.97. The normalized spacial score (nSPS) is 14.4. The topological polar surface area (TPSA) is 237 Å². The maximum atomic E-state index is 13.2. The highest BCUT2D eigenvalue weighted by Crippen LogP contribution is 2.45. The fraction of sp³-hybridized carbons (Fsp3) is 0.954. The Balaban J connectivity index is 5.21. The first-order valence-corrected chi connectivity index (χ1v) is 47.9.